The van der Waals surface area contributed by atoms with Crippen molar-refractivity contribution in [2.75, 3.05) is 0 Å². The van der Waals surface area contributed by atoms with Crippen molar-refractivity contribution in [3.63, 3.8) is 0 Å². The molecule has 0 aliphatic carbocycles. The number of imide groups is 1. The van der Waals surface area contributed by atoms with Gasteiger partial charge in [0, 0.05) is 12.4 Å². The van der Waals surface area contributed by atoms with Crippen LogP contribution in [0.1, 0.15) is 16.8 Å². The van der Waals surface area contributed by atoms with Crippen LogP contribution >= 0.6 is 0 Å². The smallest absolute Gasteiger partial charge is 0.314 e. The molecule has 0 atom stereocenters. The summed E-state index contributed by atoms with van der Waals surface area (Å²) in [5, 5.41) is 8.65. The first kappa shape index (κ1) is 22.0. The van der Waals surface area contributed by atoms with E-state index in [1.807, 2.05) is 12.1 Å². The quantitative estimate of drug-likeness (QED) is 0.436. The lowest BCUT2D eigenvalue weighted by molar-refractivity contribution is -0.138. The third-order valence-corrected chi connectivity index (χ3v) is 6.03. The van der Waals surface area contributed by atoms with Crippen LogP contribution in [0.5, 0.6) is 0 Å². The van der Waals surface area contributed by atoms with Crippen molar-refractivity contribution in [3.8, 4) is 0 Å². The first-order valence-electron chi connectivity index (χ1n) is 10.9. The fourth-order valence-corrected chi connectivity index (χ4v) is 4.39. The van der Waals surface area contributed by atoms with Gasteiger partial charge in [0.25, 0.3) is 11.5 Å². The summed E-state index contributed by atoms with van der Waals surface area (Å²) >= 11 is 0. The zero-order valence-electron chi connectivity index (χ0n) is 18.8. The van der Waals surface area contributed by atoms with Crippen LogP contribution in [-0.2, 0) is 28.6 Å². The molecule has 4 amide bonds. The number of benzene rings is 3. The Morgan fingerprint density at radius 3 is 2.00 bits per heavy atom. The van der Waals surface area contributed by atoms with Crippen molar-refractivity contribution in [2.24, 2.45) is 7.05 Å². The van der Waals surface area contributed by atoms with Gasteiger partial charge < -0.3 is 5.32 Å². The minimum absolute atomic E-state index is 0.241. The number of aromatic nitrogens is 2. The SMILES string of the molecule is Cn1nc(CC(=O)NN2C(=O)NC(c3ccccc3)(c3ccccc3)C2=O)c2ccccc2c1=O. The molecule has 1 fully saturated rings. The molecule has 2 N–H and O–H groups in total. The second kappa shape index (κ2) is 8.53. The van der Waals surface area contributed by atoms with Crippen LogP contribution in [0, 0.1) is 0 Å². The Morgan fingerprint density at radius 1 is 0.857 bits per heavy atom. The minimum Gasteiger partial charge on any atom is -0.314 e. The Bertz CT molecular complexity index is 1480. The second-order valence-corrected chi connectivity index (χ2v) is 8.19. The van der Waals surface area contributed by atoms with Crippen LogP contribution in [0.15, 0.2) is 89.7 Å². The molecule has 1 aliphatic heterocycles. The standard InChI is InChI=1S/C26H21N5O4/c1-30-23(33)20-15-9-8-14-19(20)21(28-30)16-22(32)29-31-24(34)26(27-25(31)35,17-10-4-2-5-11-17)18-12-6-3-7-13-18/h2-15H,16H2,1H3,(H,27,35)(H,29,32). The molecule has 0 saturated carbocycles. The Labute approximate surface area is 200 Å². The predicted molar refractivity (Wildman–Crippen MR) is 128 cm³/mol. The zero-order valence-corrected chi connectivity index (χ0v) is 18.8. The molecule has 3 aromatic carbocycles. The summed E-state index contributed by atoms with van der Waals surface area (Å²) in [5.41, 5.74) is 2.13. The van der Waals surface area contributed by atoms with Gasteiger partial charge >= 0.3 is 6.03 Å². The topological polar surface area (TPSA) is 113 Å². The maximum Gasteiger partial charge on any atom is 0.344 e. The summed E-state index contributed by atoms with van der Waals surface area (Å²) < 4.78 is 1.16. The van der Waals surface area contributed by atoms with Crippen LogP contribution in [0.4, 0.5) is 4.79 Å². The Balaban J connectivity index is 1.47. The Hall–Kier alpha value is -4.79. The Morgan fingerprint density at radius 2 is 1.40 bits per heavy atom. The molecule has 0 unspecified atom stereocenters. The number of rotatable bonds is 5. The van der Waals surface area contributed by atoms with E-state index in [9.17, 15) is 19.2 Å². The van der Waals surface area contributed by atoms with Gasteiger partial charge in [0.1, 0.15) is 0 Å². The molecule has 1 aromatic heterocycles. The normalized spacial score (nSPS) is 14.7. The third-order valence-electron chi connectivity index (χ3n) is 6.03. The molecule has 9 heteroatoms. The molecule has 9 nitrogen and oxygen atoms in total. The maximum atomic E-state index is 13.7. The monoisotopic (exact) mass is 467 g/mol. The number of hydrogen-bond acceptors (Lipinski definition) is 5. The van der Waals surface area contributed by atoms with E-state index < -0.39 is 23.4 Å². The van der Waals surface area contributed by atoms with Gasteiger partial charge in [0.2, 0.25) is 5.91 Å². The number of hydrogen-bond donors (Lipinski definition) is 2. The van der Waals surface area contributed by atoms with Crippen molar-refractivity contribution < 1.29 is 14.4 Å². The number of urea groups is 1. The van der Waals surface area contributed by atoms with Crippen LogP contribution in [0.3, 0.4) is 0 Å². The van der Waals surface area contributed by atoms with E-state index >= 15 is 0 Å². The Kier molecular flexibility index (Phi) is 5.37. The van der Waals surface area contributed by atoms with E-state index in [4.69, 9.17) is 0 Å². The lowest BCUT2D eigenvalue weighted by Crippen LogP contribution is -2.49. The zero-order chi connectivity index (χ0) is 24.6. The van der Waals surface area contributed by atoms with Crippen LogP contribution in [0.25, 0.3) is 10.8 Å². The number of nitrogens with one attached hydrogen (secondary N) is 2. The van der Waals surface area contributed by atoms with Gasteiger partial charge in [-0.1, -0.05) is 78.9 Å². The van der Waals surface area contributed by atoms with Crippen LogP contribution < -0.4 is 16.3 Å². The fraction of sp³-hybridized carbons (Fsp3) is 0.115. The van der Waals surface area contributed by atoms with Crippen molar-refractivity contribution in [3.05, 3.63) is 112 Å². The summed E-state index contributed by atoms with van der Waals surface area (Å²) in [4.78, 5) is 52.0. The van der Waals surface area contributed by atoms with Gasteiger partial charge in [-0.3, -0.25) is 19.8 Å². The van der Waals surface area contributed by atoms with Gasteiger partial charge in [-0.2, -0.15) is 10.1 Å². The predicted octanol–water partition coefficient (Wildman–Crippen LogP) is 2.00. The number of hydrazine groups is 1. The molecule has 0 bridgehead atoms. The minimum atomic E-state index is -1.49. The highest BCUT2D eigenvalue weighted by atomic mass is 16.2. The van der Waals surface area contributed by atoms with Crippen molar-refractivity contribution in [2.45, 2.75) is 12.0 Å². The summed E-state index contributed by atoms with van der Waals surface area (Å²) in [7, 11) is 1.50. The van der Waals surface area contributed by atoms with Crippen LogP contribution in [0.2, 0.25) is 0 Å². The molecule has 1 saturated heterocycles. The molecule has 5 rings (SSSR count). The van der Waals surface area contributed by atoms with Crippen molar-refractivity contribution in [1.82, 2.24) is 25.5 Å². The largest absolute Gasteiger partial charge is 0.344 e. The summed E-state index contributed by atoms with van der Waals surface area (Å²) in [5.74, 6) is -1.26. The van der Waals surface area contributed by atoms with Gasteiger partial charge in [0.05, 0.1) is 17.5 Å². The van der Waals surface area contributed by atoms with Gasteiger partial charge in [-0.15, -0.1) is 0 Å². The van der Waals surface area contributed by atoms with E-state index in [-0.39, 0.29) is 12.0 Å². The first-order valence-corrected chi connectivity index (χ1v) is 10.9. The molecular formula is C26H21N5O4. The van der Waals surface area contributed by atoms with E-state index in [0.717, 1.165) is 4.68 Å². The summed E-state index contributed by atoms with van der Waals surface area (Å²) in [6, 6.07) is 23.8. The molecule has 4 aromatic rings. The average Bonchev–Trinajstić information content (AvgIpc) is 3.14. The number of nitrogens with zero attached hydrogens (tertiary/aromatic N) is 3. The second-order valence-electron chi connectivity index (χ2n) is 8.19. The molecule has 35 heavy (non-hydrogen) atoms. The number of carbonyl (C=O) groups is 3. The summed E-state index contributed by atoms with van der Waals surface area (Å²) in [6.45, 7) is 0. The average molecular weight is 467 g/mol. The first-order chi connectivity index (χ1) is 16.9. The number of amides is 4. The fourth-order valence-electron chi connectivity index (χ4n) is 4.39. The molecular weight excluding hydrogens is 446 g/mol. The molecule has 2 heterocycles. The van der Waals surface area contributed by atoms with Crippen LogP contribution in [-0.4, -0.2) is 32.6 Å². The number of fused-ring (bicyclic) bond motifs is 1. The lowest BCUT2D eigenvalue weighted by atomic mass is 9.83. The number of carbonyl (C=O) groups excluding carboxylic acids is 3. The van der Waals surface area contributed by atoms with Gasteiger partial charge in [-0.25, -0.2) is 9.48 Å². The van der Waals surface area contributed by atoms with E-state index in [1.54, 1.807) is 72.8 Å². The van der Waals surface area contributed by atoms with Gasteiger partial charge in [0.15, 0.2) is 5.54 Å². The van der Waals surface area contributed by atoms with Gasteiger partial charge in [-0.05, 0) is 17.2 Å². The highest BCUT2D eigenvalue weighted by Gasteiger charge is 2.54. The van der Waals surface area contributed by atoms with E-state index in [2.05, 4.69) is 15.8 Å². The molecule has 0 spiro atoms. The lowest BCUT2D eigenvalue weighted by Gasteiger charge is -2.27. The number of aryl methyl sites for hydroxylation is 1. The maximum absolute atomic E-state index is 13.7. The third kappa shape index (κ3) is 3.63. The molecule has 1 aliphatic rings. The highest BCUT2D eigenvalue weighted by Crippen LogP contribution is 2.35. The molecule has 0 radical (unpaired) electrons. The van der Waals surface area contributed by atoms with Crippen molar-refractivity contribution in [1.29, 1.82) is 0 Å². The van der Waals surface area contributed by atoms with E-state index in [0.29, 0.717) is 32.6 Å². The molecule has 174 valence electrons. The summed E-state index contributed by atoms with van der Waals surface area (Å²) in [6.07, 6.45) is -0.241. The highest BCUT2D eigenvalue weighted by molar-refractivity contribution is 6.10. The van der Waals surface area contributed by atoms with E-state index in [1.165, 1.54) is 7.05 Å². The van der Waals surface area contributed by atoms with Crippen molar-refractivity contribution >= 4 is 28.6 Å².